The molecule has 116 valence electrons. The van der Waals surface area contributed by atoms with E-state index in [1.165, 1.54) is 10.9 Å². The van der Waals surface area contributed by atoms with Crippen LogP contribution >= 0.6 is 0 Å². The number of nitrogens with one attached hydrogen (secondary N) is 1. The fourth-order valence-corrected chi connectivity index (χ4v) is 2.60. The first-order valence-electron chi connectivity index (χ1n) is 7.21. The summed E-state index contributed by atoms with van der Waals surface area (Å²) in [6.45, 7) is 1.52. The Kier molecular flexibility index (Phi) is 5.26. The molecule has 8 nitrogen and oxygen atoms in total. The summed E-state index contributed by atoms with van der Waals surface area (Å²) in [4.78, 5) is 22.7. The van der Waals surface area contributed by atoms with Crippen LogP contribution in [0.4, 0.5) is 0 Å². The highest BCUT2D eigenvalue weighted by molar-refractivity contribution is 5.84. The number of nitrogens with two attached hydrogens (primary N) is 1. The fraction of sp³-hybridized carbons (Fsp3) is 0.692. The molecule has 1 aromatic rings. The molecule has 0 saturated heterocycles. The molecular weight excluding hydrogens is 274 g/mol. The van der Waals surface area contributed by atoms with E-state index in [4.69, 9.17) is 10.8 Å². The molecule has 8 heteroatoms. The second-order valence-corrected chi connectivity index (χ2v) is 5.42. The van der Waals surface area contributed by atoms with Crippen LogP contribution in [0.25, 0.3) is 0 Å². The summed E-state index contributed by atoms with van der Waals surface area (Å²) < 4.78 is 1.41. The van der Waals surface area contributed by atoms with Crippen molar-refractivity contribution in [3.05, 3.63) is 11.9 Å². The number of carboxylic acids is 1. The minimum atomic E-state index is -1.11. The number of carbonyl (C=O) groups is 2. The molecule has 0 aliphatic heterocycles. The van der Waals surface area contributed by atoms with Crippen LogP contribution in [0.1, 0.15) is 36.2 Å². The topological polar surface area (TPSA) is 123 Å². The van der Waals surface area contributed by atoms with Crippen molar-refractivity contribution in [1.29, 1.82) is 0 Å². The van der Waals surface area contributed by atoms with E-state index in [0.717, 1.165) is 25.7 Å². The van der Waals surface area contributed by atoms with Gasteiger partial charge < -0.3 is 16.2 Å². The molecule has 4 N–H and O–H groups in total. The first kappa shape index (κ1) is 15.4. The third-order valence-electron chi connectivity index (χ3n) is 3.95. The summed E-state index contributed by atoms with van der Waals surface area (Å²) in [6, 6.07) is 0. The Hall–Kier alpha value is -1.96. The van der Waals surface area contributed by atoms with Crippen LogP contribution in [-0.4, -0.2) is 45.1 Å². The van der Waals surface area contributed by atoms with E-state index in [-0.39, 0.29) is 17.5 Å². The van der Waals surface area contributed by atoms with Crippen molar-refractivity contribution in [2.75, 3.05) is 13.1 Å². The summed E-state index contributed by atoms with van der Waals surface area (Å²) in [5, 5.41) is 18.8. The Morgan fingerprint density at radius 3 is 2.67 bits per heavy atom. The maximum Gasteiger partial charge on any atom is 0.358 e. The Labute approximate surface area is 122 Å². The molecule has 0 unspecified atom stereocenters. The van der Waals surface area contributed by atoms with E-state index in [2.05, 4.69) is 15.6 Å². The molecule has 0 bridgehead atoms. The van der Waals surface area contributed by atoms with Gasteiger partial charge in [-0.1, -0.05) is 5.21 Å². The van der Waals surface area contributed by atoms with Gasteiger partial charge in [-0.2, -0.15) is 0 Å². The molecule has 1 heterocycles. The van der Waals surface area contributed by atoms with Gasteiger partial charge in [0.15, 0.2) is 5.69 Å². The van der Waals surface area contributed by atoms with E-state index < -0.39 is 5.97 Å². The first-order valence-corrected chi connectivity index (χ1v) is 7.21. The van der Waals surface area contributed by atoms with Gasteiger partial charge in [0.05, 0.1) is 12.7 Å². The van der Waals surface area contributed by atoms with Crippen molar-refractivity contribution in [2.24, 2.45) is 17.6 Å². The summed E-state index contributed by atoms with van der Waals surface area (Å²) in [5.74, 6) is -0.428. The summed E-state index contributed by atoms with van der Waals surface area (Å²) in [7, 11) is 0. The predicted molar refractivity (Wildman–Crippen MR) is 74.5 cm³/mol. The summed E-state index contributed by atoms with van der Waals surface area (Å²) in [6.07, 6.45) is 5.15. The molecule has 0 spiro atoms. The Balaban J connectivity index is 1.70. The van der Waals surface area contributed by atoms with E-state index in [9.17, 15) is 9.59 Å². The summed E-state index contributed by atoms with van der Waals surface area (Å²) in [5.41, 5.74) is 5.54. The lowest BCUT2D eigenvalue weighted by molar-refractivity contribution is -0.126. The second kappa shape index (κ2) is 7.16. The lowest BCUT2D eigenvalue weighted by atomic mass is 9.81. The number of nitrogens with zero attached hydrogens (tertiary/aromatic N) is 3. The Bertz CT molecular complexity index is 494. The molecule has 1 aromatic heterocycles. The zero-order valence-electron chi connectivity index (χ0n) is 11.9. The van der Waals surface area contributed by atoms with Gasteiger partial charge in [-0.05, 0) is 38.1 Å². The number of aromatic nitrogens is 3. The second-order valence-electron chi connectivity index (χ2n) is 5.42. The van der Waals surface area contributed by atoms with Crippen molar-refractivity contribution in [3.63, 3.8) is 0 Å². The highest BCUT2D eigenvalue weighted by Gasteiger charge is 2.25. The van der Waals surface area contributed by atoms with Crippen molar-refractivity contribution in [3.8, 4) is 0 Å². The molecule has 1 fully saturated rings. The monoisotopic (exact) mass is 295 g/mol. The minimum Gasteiger partial charge on any atom is -0.476 e. The van der Waals surface area contributed by atoms with Crippen LogP contribution in [0, 0.1) is 11.8 Å². The lowest BCUT2D eigenvalue weighted by Gasteiger charge is -2.26. The van der Waals surface area contributed by atoms with E-state index in [1.807, 2.05) is 0 Å². The summed E-state index contributed by atoms with van der Waals surface area (Å²) >= 11 is 0. The standard InChI is InChI=1S/C13H21N5O3/c14-7-9-1-3-10(4-2-9)12(19)15-5-6-18-8-11(13(20)21)16-17-18/h8-10H,1-7,14H2,(H,15,19)(H,20,21). The van der Waals surface area contributed by atoms with Crippen LogP contribution in [-0.2, 0) is 11.3 Å². The predicted octanol–water partition coefficient (Wildman–Crippen LogP) is -0.142. The SMILES string of the molecule is NCC1CCC(C(=O)NCCn2cc(C(=O)O)nn2)CC1. The van der Waals surface area contributed by atoms with E-state index >= 15 is 0 Å². The zero-order valence-corrected chi connectivity index (χ0v) is 11.9. The number of aromatic carboxylic acids is 1. The van der Waals surface area contributed by atoms with Crippen molar-refractivity contribution in [1.82, 2.24) is 20.3 Å². The number of carboxylic acid groups (broad SMARTS) is 1. The number of carbonyl (C=O) groups excluding carboxylic acids is 1. The van der Waals surface area contributed by atoms with Gasteiger partial charge in [0.1, 0.15) is 0 Å². The number of hydrogen-bond acceptors (Lipinski definition) is 5. The van der Waals surface area contributed by atoms with Gasteiger partial charge in [0.25, 0.3) is 0 Å². The van der Waals surface area contributed by atoms with E-state index in [1.54, 1.807) is 0 Å². The van der Waals surface area contributed by atoms with Crippen molar-refractivity contribution < 1.29 is 14.7 Å². The highest BCUT2D eigenvalue weighted by atomic mass is 16.4. The quantitative estimate of drug-likeness (QED) is 0.671. The average Bonchev–Trinajstić information content (AvgIpc) is 2.96. The average molecular weight is 295 g/mol. The highest BCUT2D eigenvalue weighted by Crippen LogP contribution is 2.27. The minimum absolute atomic E-state index is 0.0593. The molecular formula is C13H21N5O3. The number of hydrogen-bond donors (Lipinski definition) is 3. The normalized spacial score (nSPS) is 22.0. The first-order chi connectivity index (χ1) is 10.1. The van der Waals surface area contributed by atoms with Gasteiger partial charge in [-0.15, -0.1) is 5.10 Å². The smallest absolute Gasteiger partial charge is 0.358 e. The molecule has 2 rings (SSSR count). The van der Waals surface area contributed by atoms with Crippen LogP contribution in [0.5, 0.6) is 0 Å². The third kappa shape index (κ3) is 4.25. The van der Waals surface area contributed by atoms with Crippen LogP contribution in [0.2, 0.25) is 0 Å². The van der Waals surface area contributed by atoms with Crippen molar-refractivity contribution >= 4 is 11.9 Å². The number of rotatable bonds is 6. The van der Waals surface area contributed by atoms with Gasteiger partial charge in [-0.3, -0.25) is 4.79 Å². The van der Waals surface area contributed by atoms with Gasteiger partial charge in [0.2, 0.25) is 5.91 Å². The lowest BCUT2D eigenvalue weighted by Crippen LogP contribution is -2.35. The fourth-order valence-electron chi connectivity index (χ4n) is 2.60. The molecule has 1 amide bonds. The van der Waals surface area contributed by atoms with Crippen LogP contribution in [0.15, 0.2) is 6.20 Å². The molecule has 0 radical (unpaired) electrons. The van der Waals surface area contributed by atoms with Crippen LogP contribution in [0.3, 0.4) is 0 Å². The molecule has 1 saturated carbocycles. The number of amides is 1. The Morgan fingerprint density at radius 1 is 1.38 bits per heavy atom. The van der Waals surface area contributed by atoms with Gasteiger partial charge in [-0.25, -0.2) is 9.48 Å². The maximum atomic E-state index is 12.0. The van der Waals surface area contributed by atoms with Crippen molar-refractivity contribution in [2.45, 2.75) is 32.2 Å². The third-order valence-corrected chi connectivity index (χ3v) is 3.95. The molecule has 0 aromatic carbocycles. The molecule has 1 aliphatic carbocycles. The largest absolute Gasteiger partial charge is 0.476 e. The van der Waals surface area contributed by atoms with Gasteiger partial charge >= 0.3 is 5.97 Å². The zero-order chi connectivity index (χ0) is 15.2. The van der Waals surface area contributed by atoms with E-state index in [0.29, 0.717) is 25.6 Å². The molecule has 21 heavy (non-hydrogen) atoms. The molecule has 1 aliphatic rings. The molecule has 0 atom stereocenters. The van der Waals surface area contributed by atoms with Crippen LogP contribution < -0.4 is 11.1 Å². The maximum absolute atomic E-state index is 12.0. The Morgan fingerprint density at radius 2 is 2.10 bits per heavy atom. The van der Waals surface area contributed by atoms with Gasteiger partial charge in [0, 0.05) is 12.5 Å².